The second-order valence-electron chi connectivity index (χ2n) is 8.39. The number of pyridine rings is 1. The van der Waals surface area contributed by atoms with Gasteiger partial charge in [-0.1, -0.05) is 36.4 Å². The minimum Gasteiger partial charge on any atom is -0.381 e. The molecule has 4 N–H and O–H groups in total. The number of nitrogens with two attached hydrogens (primary N) is 1. The number of aromatic nitrogens is 3. The lowest BCUT2D eigenvalue weighted by atomic mass is 10.2. The summed E-state index contributed by atoms with van der Waals surface area (Å²) in [6.07, 6.45) is 1.97. The van der Waals surface area contributed by atoms with Crippen LogP contribution in [0.25, 0.3) is 11.0 Å². The van der Waals surface area contributed by atoms with E-state index in [9.17, 15) is 13.2 Å². The largest absolute Gasteiger partial charge is 0.381 e. The molecule has 0 fully saturated rings. The molecule has 3 aromatic carbocycles. The Kier molecular flexibility index (Phi) is 6.92. The smallest absolute Gasteiger partial charge is 0.339 e. The molecule has 0 aliphatic carbocycles. The molecule has 192 valence electrons. The van der Waals surface area contributed by atoms with Crippen LogP contribution in [0.2, 0.25) is 0 Å². The summed E-state index contributed by atoms with van der Waals surface area (Å²) >= 11 is 0. The molecular formula is C27H24N6O4S. The maximum atomic E-state index is 12.9. The first-order valence-electron chi connectivity index (χ1n) is 11.7. The Bertz CT molecular complexity index is 1670. The Balaban J connectivity index is 1.35. The summed E-state index contributed by atoms with van der Waals surface area (Å²) in [4.78, 5) is 20.5. The number of benzene rings is 3. The Hall–Kier alpha value is -4.90. The molecule has 0 spiro atoms. The summed E-state index contributed by atoms with van der Waals surface area (Å²) in [5.41, 5.74) is 11.4. The molecule has 0 aliphatic rings. The van der Waals surface area contributed by atoms with Gasteiger partial charge < -0.3 is 15.2 Å². The fourth-order valence-electron chi connectivity index (χ4n) is 3.89. The van der Waals surface area contributed by atoms with Gasteiger partial charge in [0.05, 0.1) is 17.5 Å². The van der Waals surface area contributed by atoms with Crippen molar-refractivity contribution in [3.8, 4) is 5.75 Å². The molecule has 0 aliphatic heterocycles. The Labute approximate surface area is 219 Å². The van der Waals surface area contributed by atoms with Crippen molar-refractivity contribution in [2.45, 2.75) is 17.9 Å². The van der Waals surface area contributed by atoms with Gasteiger partial charge in [0.15, 0.2) is 0 Å². The number of primary amides is 1. The van der Waals surface area contributed by atoms with Crippen molar-refractivity contribution in [3.63, 3.8) is 0 Å². The molecule has 0 saturated carbocycles. The van der Waals surface area contributed by atoms with E-state index in [1.807, 2.05) is 42.5 Å². The number of urea groups is 1. The average Bonchev–Trinajstić information content (AvgIpc) is 3.24. The van der Waals surface area contributed by atoms with Gasteiger partial charge in [0, 0.05) is 30.2 Å². The van der Waals surface area contributed by atoms with Crippen LogP contribution in [0.5, 0.6) is 5.75 Å². The highest BCUT2D eigenvalue weighted by Gasteiger charge is 2.19. The number of hydrogen-bond acceptors (Lipinski definition) is 7. The van der Waals surface area contributed by atoms with Gasteiger partial charge in [-0.2, -0.15) is 8.42 Å². The summed E-state index contributed by atoms with van der Waals surface area (Å²) in [7, 11) is -4.10. The molecule has 38 heavy (non-hydrogen) atoms. The third-order valence-electron chi connectivity index (χ3n) is 5.67. The van der Waals surface area contributed by atoms with Crippen molar-refractivity contribution < 1.29 is 17.4 Å². The van der Waals surface area contributed by atoms with Crippen LogP contribution >= 0.6 is 0 Å². The number of carbonyl (C=O) groups is 1. The number of rotatable bonds is 9. The third kappa shape index (κ3) is 5.73. The molecule has 2 heterocycles. The highest BCUT2D eigenvalue weighted by molar-refractivity contribution is 7.87. The van der Waals surface area contributed by atoms with E-state index in [0.717, 1.165) is 16.9 Å². The number of hydrogen-bond donors (Lipinski definition) is 3. The van der Waals surface area contributed by atoms with E-state index in [2.05, 4.69) is 20.7 Å². The predicted molar refractivity (Wildman–Crippen MR) is 144 cm³/mol. The van der Waals surface area contributed by atoms with E-state index in [1.165, 1.54) is 28.9 Å². The van der Waals surface area contributed by atoms with Gasteiger partial charge in [-0.3, -0.25) is 4.98 Å². The van der Waals surface area contributed by atoms with Crippen LogP contribution in [-0.4, -0.2) is 29.1 Å². The van der Waals surface area contributed by atoms with Crippen LogP contribution in [0.1, 0.15) is 17.1 Å². The van der Waals surface area contributed by atoms with Gasteiger partial charge in [-0.05, 0) is 54.1 Å². The summed E-state index contributed by atoms with van der Waals surface area (Å²) in [5, 5.41) is 3.26. The first-order valence-corrected chi connectivity index (χ1v) is 13.1. The topological polar surface area (TPSA) is 141 Å². The zero-order chi connectivity index (χ0) is 26.5. The molecular weight excluding hydrogens is 504 g/mol. The molecule has 2 amide bonds. The fourth-order valence-corrected chi connectivity index (χ4v) is 4.82. The molecule has 0 atom stereocenters. The van der Waals surface area contributed by atoms with E-state index in [4.69, 9.17) is 9.92 Å². The summed E-state index contributed by atoms with van der Waals surface area (Å²) in [6.45, 7) is 0.614. The molecule has 0 bridgehead atoms. The lowest BCUT2D eigenvalue weighted by Gasteiger charge is -2.10. The van der Waals surface area contributed by atoms with Gasteiger partial charge in [-0.25, -0.2) is 19.9 Å². The SMILES string of the molecule is NC(=O)Nn1c(Cc2ccccn2)nc2cc(OS(=O)(=O)c3ccc(NCc4ccccc4)cc3)ccc21. The van der Waals surface area contributed by atoms with Gasteiger partial charge in [0.2, 0.25) is 0 Å². The minimum absolute atomic E-state index is 0.0135. The number of nitrogens with zero attached hydrogens (tertiary/aromatic N) is 3. The first kappa shape index (κ1) is 24.8. The van der Waals surface area contributed by atoms with Crippen molar-refractivity contribution in [2.75, 3.05) is 10.7 Å². The normalized spacial score (nSPS) is 11.3. The van der Waals surface area contributed by atoms with Crippen molar-refractivity contribution in [3.05, 3.63) is 114 Å². The van der Waals surface area contributed by atoms with Gasteiger partial charge in [-0.15, -0.1) is 0 Å². The number of imidazole rings is 1. The van der Waals surface area contributed by atoms with Crippen molar-refractivity contribution in [2.24, 2.45) is 5.73 Å². The monoisotopic (exact) mass is 528 g/mol. The second kappa shape index (κ2) is 10.6. The molecule has 0 saturated heterocycles. The molecule has 5 aromatic rings. The lowest BCUT2D eigenvalue weighted by molar-refractivity contribution is 0.257. The number of nitrogens with one attached hydrogen (secondary N) is 2. The molecule has 0 unspecified atom stereocenters. The van der Waals surface area contributed by atoms with E-state index in [1.54, 1.807) is 30.5 Å². The molecule has 0 radical (unpaired) electrons. The quantitative estimate of drug-likeness (QED) is 0.245. The van der Waals surface area contributed by atoms with Crippen LogP contribution in [0.3, 0.4) is 0 Å². The van der Waals surface area contributed by atoms with Crippen LogP contribution < -0.4 is 20.7 Å². The van der Waals surface area contributed by atoms with Crippen molar-refractivity contribution in [1.29, 1.82) is 0 Å². The molecule has 2 aromatic heterocycles. The van der Waals surface area contributed by atoms with Crippen LogP contribution in [0.15, 0.2) is 102 Å². The van der Waals surface area contributed by atoms with Crippen LogP contribution in [-0.2, 0) is 23.1 Å². The second-order valence-corrected chi connectivity index (χ2v) is 9.94. The van der Waals surface area contributed by atoms with E-state index < -0.39 is 16.1 Å². The van der Waals surface area contributed by atoms with Gasteiger partial charge >= 0.3 is 16.1 Å². The maximum Gasteiger partial charge on any atom is 0.339 e. The van der Waals surface area contributed by atoms with E-state index >= 15 is 0 Å². The zero-order valence-corrected chi connectivity index (χ0v) is 20.9. The molecule has 10 nitrogen and oxygen atoms in total. The van der Waals surface area contributed by atoms with Gasteiger partial charge in [0.1, 0.15) is 16.5 Å². The summed E-state index contributed by atoms with van der Waals surface area (Å²) in [6, 6.07) is 25.5. The molecule has 11 heteroatoms. The van der Waals surface area contributed by atoms with Crippen molar-refractivity contribution in [1.82, 2.24) is 14.6 Å². The van der Waals surface area contributed by atoms with Crippen LogP contribution in [0.4, 0.5) is 10.5 Å². The Morgan fingerprint density at radius 2 is 1.71 bits per heavy atom. The Morgan fingerprint density at radius 1 is 0.947 bits per heavy atom. The average molecular weight is 529 g/mol. The number of carbonyl (C=O) groups excluding carboxylic acids is 1. The van der Waals surface area contributed by atoms with E-state index in [0.29, 0.717) is 29.8 Å². The maximum absolute atomic E-state index is 12.9. The van der Waals surface area contributed by atoms with Crippen molar-refractivity contribution >= 4 is 32.9 Å². The highest BCUT2D eigenvalue weighted by atomic mass is 32.2. The standard InChI is InChI=1S/C27H24N6O4S/c28-27(34)32-33-25-14-11-22(17-24(25)31-26(33)16-21-8-4-5-15-29-21)37-38(35,36)23-12-9-20(10-13-23)30-18-19-6-2-1-3-7-19/h1-15,17,30H,16,18H2,(H3,28,32,34). The first-order chi connectivity index (χ1) is 18.4. The fraction of sp³-hybridized carbons (Fsp3) is 0.0741. The molecule has 5 rings (SSSR count). The number of amides is 2. The summed E-state index contributed by atoms with van der Waals surface area (Å²) < 4.78 is 32.7. The van der Waals surface area contributed by atoms with Crippen LogP contribution in [0, 0.1) is 0 Å². The third-order valence-corrected chi connectivity index (χ3v) is 6.93. The minimum atomic E-state index is -4.10. The van der Waals surface area contributed by atoms with Gasteiger partial charge in [0.25, 0.3) is 0 Å². The zero-order valence-electron chi connectivity index (χ0n) is 20.1. The number of fused-ring (bicyclic) bond motifs is 1. The lowest BCUT2D eigenvalue weighted by Crippen LogP contribution is -2.29. The predicted octanol–water partition coefficient (Wildman–Crippen LogP) is 4.02. The highest BCUT2D eigenvalue weighted by Crippen LogP contribution is 2.26. The van der Waals surface area contributed by atoms with E-state index in [-0.39, 0.29) is 10.6 Å². The Morgan fingerprint density at radius 3 is 2.42 bits per heavy atom. The summed E-state index contributed by atoms with van der Waals surface area (Å²) in [5.74, 6) is 0.549. The number of anilines is 1.